The van der Waals surface area contributed by atoms with Crippen molar-refractivity contribution in [2.45, 2.75) is 45.6 Å². The van der Waals surface area contributed by atoms with Gasteiger partial charge < -0.3 is 10.0 Å². The predicted octanol–water partition coefficient (Wildman–Crippen LogP) is 3.53. The Morgan fingerprint density at radius 1 is 1.17 bits per heavy atom. The summed E-state index contributed by atoms with van der Waals surface area (Å²) < 4.78 is 13.3. The van der Waals surface area contributed by atoms with E-state index < -0.39 is 0 Å². The Hall–Kier alpha value is -2.31. The van der Waals surface area contributed by atoms with E-state index in [1.807, 2.05) is 25.1 Å². The molecule has 2 heterocycles. The molecular weight excluding hydrogens is 379 g/mol. The zero-order valence-electron chi connectivity index (χ0n) is 18.1. The second-order valence-corrected chi connectivity index (χ2v) is 7.98. The van der Waals surface area contributed by atoms with Crippen LogP contribution in [0.4, 0.5) is 10.2 Å². The standard InChI is InChI=1S/C24H33FN4O/c1-4-6-7-21(30)17-28-12-14-29(15-13-28)24-22(23(5-2)26-18(3)27-24)16-19-8-10-20(25)11-9-19/h4,8-11,21,30H,1,5-7,12-17H2,2-3H3/t21-/m1/s1. The Morgan fingerprint density at radius 2 is 1.87 bits per heavy atom. The summed E-state index contributed by atoms with van der Waals surface area (Å²) in [7, 11) is 0. The largest absolute Gasteiger partial charge is 0.392 e. The molecule has 1 fully saturated rings. The van der Waals surface area contributed by atoms with Crippen molar-refractivity contribution in [1.29, 1.82) is 0 Å². The number of anilines is 1. The molecule has 0 unspecified atom stereocenters. The smallest absolute Gasteiger partial charge is 0.136 e. The number of aliphatic hydroxyl groups is 1. The summed E-state index contributed by atoms with van der Waals surface area (Å²) in [5.41, 5.74) is 3.25. The van der Waals surface area contributed by atoms with Gasteiger partial charge in [0.15, 0.2) is 0 Å². The molecule has 1 aromatic carbocycles. The monoisotopic (exact) mass is 412 g/mol. The van der Waals surface area contributed by atoms with E-state index in [0.717, 1.165) is 73.9 Å². The zero-order chi connectivity index (χ0) is 21.5. The van der Waals surface area contributed by atoms with Crippen LogP contribution in [0.3, 0.4) is 0 Å². The molecule has 0 radical (unpaired) electrons. The number of piperazine rings is 1. The summed E-state index contributed by atoms with van der Waals surface area (Å²) in [6.45, 7) is 12.0. The van der Waals surface area contributed by atoms with Crippen LogP contribution in [0.5, 0.6) is 0 Å². The Morgan fingerprint density at radius 3 is 2.50 bits per heavy atom. The lowest BCUT2D eigenvalue weighted by Gasteiger charge is -2.37. The molecule has 162 valence electrons. The molecule has 0 saturated carbocycles. The van der Waals surface area contributed by atoms with Gasteiger partial charge in [-0.2, -0.15) is 0 Å². The lowest BCUT2D eigenvalue weighted by molar-refractivity contribution is 0.103. The molecule has 1 aromatic heterocycles. The molecule has 0 bridgehead atoms. The first kappa shape index (κ1) is 22.4. The first-order chi connectivity index (χ1) is 14.5. The van der Waals surface area contributed by atoms with Crippen LogP contribution >= 0.6 is 0 Å². The van der Waals surface area contributed by atoms with Gasteiger partial charge in [-0.3, -0.25) is 4.90 Å². The SMILES string of the molecule is C=CCC[C@@H](O)CN1CCN(c2nc(C)nc(CC)c2Cc2ccc(F)cc2)CC1. The van der Waals surface area contributed by atoms with Crippen molar-refractivity contribution in [2.75, 3.05) is 37.6 Å². The normalized spacial score (nSPS) is 15.9. The van der Waals surface area contributed by atoms with E-state index in [1.54, 1.807) is 0 Å². The topological polar surface area (TPSA) is 52.5 Å². The highest BCUT2D eigenvalue weighted by Gasteiger charge is 2.24. The molecule has 6 heteroatoms. The van der Waals surface area contributed by atoms with Crippen molar-refractivity contribution < 1.29 is 9.50 Å². The average Bonchev–Trinajstić information content (AvgIpc) is 2.75. The zero-order valence-corrected chi connectivity index (χ0v) is 18.1. The molecule has 1 aliphatic heterocycles. The van der Waals surface area contributed by atoms with Crippen LogP contribution in [0.15, 0.2) is 36.9 Å². The number of allylic oxidation sites excluding steroid dienone is 1. The molecule has 5 nitrogen and oxygen atoms in total. The van der Waals surface area contributed by atoms with Gasteiger partial charge in [-0.25, -0.2) is 14.4 Å². The number of aromatic nitrogens is 2. The maximum atomic E-state index is 13.3. The van der Waals surface area contributed by atoms with Crippen LogP contribution < -0.4 is 4.90 Å². The van der Waals surface area contributed by atoms with Crippen LogP contribution in [0.2, 0.25) is 0 Å². The van der Waals surface area contributed by atoms with Gasteiger partial charge in [0.25, 0.3) is 0 Å². The minimum atomic E-state index is -0.309. The maximum absolute atomic E-state index is 13.3. The number of hydrogen-bond donors (Lipinski definition) is 1. The van der Waals surface area contributed by atoms with Crippen LogP contribution in [0.25, 0.3) is 0 Å². The van der Waals surface area contributed by atoms with E-state index >= 15 is 0 Å². The quantitative estimate of drug-likeness (QED) is 0.639. The lowest BCUT2D eigenvalue weighted by Crippen LogP contribution is -2.49. The number of aryl methyl sites for hydroxylation is 2. The van der Waals surface area contributed by atoms with E-state index in [0.29, 0.717) is 13.0 Å². The predicted molar refractivity (Wildman–Crippen MR) is 119 cm³/mol. The molecule has 0 amide bonds. The highest BCUT2D eigenvalue weighted by molar-refractivity contribution is 5.52. The number of β-amino-alcohol motifs (C(OH)–C–C–N with tert-alkyl or cyclic N) is 1. The maximum Gasteiger partial charge on any atom is 0.136 e. The van der Waals surface area contributed by atoms with Crippen LogP contribution in [-0.4, -0.2) is 58.8 Å². The van der Waals surface area contributed by atoms with Gasteiger partial charge in [-0.1, -0.05) is 25.1 Å². The third kappa shape index (κ3) is 5.86. The molecule has 3 rings (SSSR count). The van der Waals surface area contributed by atoms with E-state index in [2.05, 4.69) is 28.3 Å². The minimum absolute atomic E-state index is 0.221. The van der Waals surface area contributed by atoms with Crippen molar-refractivity contribution in [3.05, 3.63) is 65.4 Å². The fourth-order valence-electron chi connectivity index (χ4n) is 4.02. The van der Waals surface area contributed by atoms with Gasteiger partial charge in [0, 0.05) is 50.4 Å². The number of aliphatic hydroxyl groups excluding tert-OH is 1. The fraction of sp³-hybridized carbons (Fsp3) is 0.500. The lowest BCUT2D eigenvalue weighted by atomic mass is 10.0. The Bertz CT molecular complexity index is 832. The summed E-state index contributed by atoms with van der Waals surface area (Å²) in [5.74, 6) is 1.56. The Labute approximate surface area is 179 Å². The van der Waals surface area contributed by atoms with Gasteiger partial charge in [-0.05, 0) is 43.9 Å². The van der Waals surface area contributed by atoms with Crippen molar-refractivity contribution in [3.63, 3.8) is 0 Å². The average molecular weight is 413 g/mol. The fourth-order valence-corrected chi connectivity index (χ4v) is 4.02. The van der Waals surface area contributed by atoms with Gasteiger partial charge >= 0.3 is 0 Å². The summed E-state index contributed by atoms with van der Waals surface area (Å²) >= 11 is 0. The third-order valence-electron chi connectivity index (χ3n) is 5.66. The van der Waals surface area contributed by atoms with Crippen molar-refractivity contribution in [1.82, 2.24) is 14.9 Å². The number of nitrogens with zero attached hydrogens (tertiary/aromatic N) is 4. The molecular formula is C24H33FN4O. The summed E-state index contributed by atoms with van der Waals surface area (Å²) in [5, 5.41) is 10.2. The molecule has 1 aliphatic rings. The molecule has 30 heavy (non-hydrogen) atoms. The van der Waals surface area contributed by atoms with E-state index in [-0.39, 0.29) is 11.9 Å². The molecule has 1 N–H and O–H groups in total. The molecule has 1 saturated heterocycles. The van der Waals surface area contributed by atoms with E-state index in [9.17, 15) is 9.50 Å². The van der Waals surface area contributed by atoms with Gasteiger partial charge in [0.1, 0.15) is 17.5 Å². The number of benzene rings is 1. The number of hydrogen-bond acceptors (Lipinski definition) is 5. The van der Waals surface area contributed by atoms with Crippen molar-refractivity contribution >= 4 is 5.82 Å². The molecule has 0 aliphatic carbocycles. The molecule has 0 spiro atoms. The second kappa shape index (κ2) is 10.6. The van der Waals surface area contributed by atoms with Gasteiger partial charge in [0.05, 0.1) is 6.10 Å². The Balaban J connectivity index is 1.74. The molecule has 2 aromatic rings. The summed E-state index contributed by atoms with van der Waals surface area (Å²) in [6.07, 6.45) is 4.68. The summed E-state index contributed by atoms with van der Waals surface area (Å²) in [6, 6.07) is 6.68. The van der Waals surface area contributed by atoms with Gasteiger partial charge in [-0.15, -0.1) is 6.58 Å². The minimum Gasteiger partial charge on any atom is -0.392 e. The van der Waals surface area contributed by atoms with Crippen LogP contribution in [0, 0.1) is 12.7 Å². The first-order valence-corrected chi connectivity index (χ1v) is 10.9. The van der Waals surface area contributed by atoms with Crippen LogP contribution in [0.1, 0.15) is 42.4 Å². The van der Waals surface area contributed by atoms with E-state index in [4.69, 9.17) is 4.98 Å². The first-order valence-electron chi connectivity index (χ1n) is 10.9. The van der Waals surface area contributed by atoms with Crippen molar-refractivity contribution in [2.24, 2.45) is 0 Å². The van der Waals surface area contributed by atoms with E-state index in [1.165, 1.54) is 12.1 Å². The Kier molecular flexibility index (Phi) is 7.94. The van der Waals surface area contributed by atoms with Crippen LogP contribution in [-0.2, 0) is 12.8 Å². The summed E-state index contributed by atoms with van der Waals surface area (Å²) in [4.78, 5) is 14.1. The van der Waals surface area contributed by atoms with Crippen molar-refractivity contribution in [3.8, 4) is 0 Å². The number of rotatable bonds is 9. The molecule has 1 atom stereocenters. The second-order valence-electron chi connectivity index (χ2n) is 7.98. The highest BCUT2D eigenvalue weighted by Crippen LogP contribution is 2.26. The third-order valence-corrected chi connectivity index (χ3v) is 5.66. The number of halogens is 1. The van der Waals surface area contributed by atoms with Gasteiger partial charge in [0.2, 0.25) is 0 Å². The highest BCUT2D eigenvalue weighted by atomic mass is 19.1.